The second-order valence-corrected chi connectivity index (χ2v) is 6.95. The highest BCUT2D eigenvalue weighted by molar-refractivity contribution is 6.07. The number of pyridine rings is 1. The van der Waals surface area contributed by atoms with Crippen molar-refractivity contribution in [1.82, 2.24) is 4.98 Å². The predicted octanol–water partition coefficient (Wildman–Crippen LogP) is 6.00. The maximum absolute atomic E-state index is 13.8. The third-order valence-electron chi connectivity index (χ3n) is 4.83. The minimum absolute atomic E-state index is 0.324. The van der Waals surface area contributed by atoms with E-state index in [0.29, 0.717) is 29.2 Å². The van der Waals surface area contributed by atoms with E-state index in [1.807, 2.05) is 43.3 Å². The average Bonchev–Trinajstić information content (AvgIpc) is 2.76. The first kappa shape index (κ1) is 19.6. The predicted molar refractivity (Wildman–Crippen MR) is 117 cm³/mol. The van der Waals surface area contributed by atoms with Crippen molar-refractivity contribution in [3.63, 3.8) is 0 Å². The van der Waals surface area contributed by atoms with Gasteiger partial charge in [-0.1, -0.05) is 36.4 Å². The van der Waals surface area contributed by atoms with Crippen molar-refractivity contribution in [1.29, 1.82) is 0 Å². The molecular weight excluding hydrogens is 379 g/mol. The Labute approximate surface area is 174 Å². The van der Waals surface area contributed by atoms with E-state index in [4.69, 9.17) is 9.72 Å². The Kier molecular flexibility index (Phi) is 5.44. The topological polar surface area (TPSA) is 51.2 Å². The van der Waals surface area contributed by atoms with Crippen molar-refractivity contribution in [3.05, 3.63) is 89.7 Å². The lowest BCUT2D eigenvalue weighted by Crippen LogP contribution is -2.12. The number of nitrogens with zero attached hydrogens (tertiary/aromatic N) is 1. The first-order chi connectivity index (χ1) is 14.5. The average molecular weight is 400 g/mol. The lowest BCUT2D eigenvalue weighted by molar-refractivity contribution is 0.102. The molecule has 0 spiro atoms. The number of aryl methyl sites for hydroxylation is 1. The number of hydrogen-bond donors (Lipinski definition) is 1. The second-order valence-electron chi connectivity index (χ2n) is 6.95. The van der Waals surface area contributed by atoms with E-state index in [9.17, 15) is 9.18 Å². The monoisotopic (exact) mass is 400 g/mol. The van der Waals surface area contributed by atoms with Crippen LogP contribution in [-0.4, -0.2) is 17.5 Å². The van der Waals surface area contributed by atoms with Gasteiger partial charge in [-0.15, -0.1) is 0 Å². The number of fused-ring (bicyclic) bond motifs is 1. The van der Waals surface area contributed by atoms with E-state index in [1.54, 1.807) is 37.3 Å². The molecule has 0 unspecified atom stereocenters. The highest BCUT2D eigenvalue weighted by atomic mass is 19.1. The molecule has 0 saturated heterocycles. The molecule has 0 aliphatic heterocycles. The van der Waals surface area contributed by atoms with Crippen molar-refractivity contribution >= 4 is 22.5 Å². The Hall–Kier alpha value is -3.73. The van der Waals surface area contributed by atoms with E-state index in [-0.39, 0.29) is 11.7 Å². The van der Waals surface area contributed by atoms with Gasteiger partial charge < -0.3 is 10.1 Å². The molecule has 0 radical (unpaired) electrons. The van der Waals surface area contributed by atoms with E-state index < -0.39 is 0 Å². The smallest absolute Gasteiger partial charge is 0.255 e. The zero-order valence-corrected chi connectivity index (χ0v) is 16.8. The minimum Gasteiger partial charge on any atom is -0.493 e. The fourth-order valence-corrected chi connectivity index (χ4v) is 3.24. The summed E-state index contributed by atoms with van der Waals surface area (Å²) in [5.41, 5.74) is 3.91. The lowest BCUT2D eigenvalue weighted by atomic mass is 10.1. The molecule has 30 heavy (non-hydrogen) atoms. The van der Waals surface area contributed by atoms with Crippen molar-refractivity contribution in [2.45, 2.75) is 13.8 Å². The minimum atomic E-state index is -0.359. The van der Waals surface area contributed by atoms with Crippen molar-refractivity contribution in [3.8, 4) is 17.0 Å². The van der Waals surface area contributed by atoms with E-state index in [0.717, 1.165) is 22.2 Å². The number of hydrogen-bond acceptors (Lipinski definition) is 3. The number of halogens is 1. The van der Waals surface area contributed by atoms with Gasteiger partial charge in [0.1, 0.15) is 11.6 Å². The summed E-state index contributed by atoms with van der Waals surface area (Å²) in [6.45, 7) is 4.08. The first-order valence-electron chi connectivity index (χ1n) is 9.75. The summed E-state index contributed by atoms with van der Waals surface area (Å²) in [6.07, 6.45) is 0. The Morgan fingerprint density at radius 1 is 1.03 bits per heavy atom. The van der Waals surface area contributed by atoms with Crippen molar-refractivity contribution < 1.29 is 13.9 Å². The maximum Gasteiger partial charge on any atom is 0.255 e. The summed E-state index contributed by atoms with van der Waals surface area (Å²) in [6, 6.07) is 21.6. The van der Waals surface area contributed by atoms with Gasteiger partial charge in [0.15, 0.2) is 0 Å². The van der Waals surface area contributed by atoms with Gasteiger partial charge in [-0.3, -0.25) is 4.79 Å². The van der Waals surface area contributed by atoms with Crippen LogP contribution < -0.4 is 10.1 Å². The number of nitrogens with one attached hydrogen (secondary N) is 1. The van der Waals surface area contributed by atoms with E-state index in [1.165, 1.54) is 6.07 Å². The van der Waals surface area contributed by atoms with Crippen LogP contribution in [0.3, 0.4) is 0 Å². The summed E-state index contributed by atoms with van der Waals surface area (Å²) < 4.78 is 19.6. The highest BCUT2D eigenvalue weighted by Crippen LogP contribution is 2.31. The summed E-state index contributed by atoms with van der Waals surface area (Å²) in [5, 5.41) is 3.49. The molecule has 1 heterocycles. The molecule has 0 saturated carbocycles. The molecule has 0 aliphatic rings. The first-order valence-corrected chi connectivity index (χ1v) is 9.75. The van der Waals surface area contributed by atoms with E-state index in [2.05, 4.69) is 5.32 Å². The van der Waals surface area contributed by atoms with Crippen LogP contribution in [0.4, 0.5) is 10.1 Å². The molecule has 4 aromatic rings. The van der Waals surface area contributed by atoms with Crippen LogP contribution in [0, 0.1) is 12.7 Å². The summed E-state index contributed by atoms with van der Waals surface area (Å²) in [5.74, 6) is -0.0188. The number of carbonyl (C=O) groups excluding carboxylic acids is 1. The van der Waals surface area contributed by atoms with E-state index >= 15 is 0 Å². The summed E-state index contributed by atoms with van der Waals surface area (Å²) in [7, 11) is 0. The quantitative estimate of drug-likeness (QED) is 0.447. The number of rotatable bonds is 5. The van der Waals surface area contributed by atoms with Crippen LogP contribution >= 0.6 is 0 Å². The van der Waals surface area contributed by atoms with Crippen LogP contribution in [0.5, 0.6) is 5.75 Å². The van der Waals surface area contributed by atoms with Crippen LogP contribution in [0.25, 0.3) is 22.2 Å². The van der Waals surface area contributed by atoms with Gasteiger partial charge in [0.2, 0.25) is 0 Å². The van der Waals surface area contributed by atoms with Crippen LogP contribution in [0.2, 0.25) is 0 Å². The molecule has 1 amide bonds. The number of ether oxygens (including phenoxy) is 1. The third-order valence-corrected chi connectivity index (χ3v) is 4.83. The molecule has 150 valence electrons. The molecule has 4 nitrogen and oxygen atoms in total. The third kappa shape index (κ3) is 4.01. The van der Waals surface area contributed by atoms with Gasteiger partial charge >= 0.3 is 0 Å². The molecule has 0 fully saturated rings. The van der Waals surface area contributed by atoms with Crippen LogP contribution in [0.15, 0.2) is 72.8 Å². The van der Waals surface area contributed by atoms with Gasteiger partial charge in [-0.25, -0.2) is 9.37 Å². The molecule has 0 aliphatic carbocycles. The highest BCUT2D eigenvalue weighted by Gasteiger charge is 2.13. The van der Waals surface area contributed by atoms with Crippen LogP contribution in [-0.2, 0) is 0 Å². The molecule has 4 rings (SSSR count). The van der Waals surface area contributed by atoms with Gasteiger partial charge in [-0.05, 0) is 49.7 Å². The normalized spacial score (nSPS) is 10.8. The Morgan fingerprint density at radius 3 is 2.57 bits per heavy atom. The number of benzene rings is 3. The number of aromatic nitrogens is 1. The Morgan fingerprint density at radius 2 is 1.83 bits per heavy atom. The van der Waals surface area contributed by atoms with Gasteiger partial charge in [0.05, 0.1) is 17.8 Å². The van der Waals surface area contributed by atoms with Crippen molar-refractivity contribution in [2.75, 3.05) is 11.9 Å². The number of amides is 1. The molecule has 5 heteroatoms. The number of anilines is 1. The summed E-state index contributed by atoms with van der Waals surface area (Å²) >= 11 is 0. The van der Waals surface area contributed by atoms with Gasteiger partial charge in [-0.2, -0.15) is 0 Å². The SMILES string of the molecule is CCOc1cc(-c2ccccc2)nc2ccc(C(=O)Nc3ccc(C)c(F)c3)cc12. The fourth-order valence-electron chi connectivity index (χ4n) is 3.24. The van der Waals surface area contributed by atoms with Gasteiger partial charge in [0, 0.05) is 28.3 Å². The zero-order valence-electron chi connectivity index (χ0n) is 16.8. The second kappa shape index (κ2) is 8.33. The molecule has 0 bridgehead atoms. The molecule has 3 aromatic carbocycles. The Bertz CT molecular complexity index is 1220. The molecule has 1 N–H and O–H groups in total. The molecule has 1 aromatic heterocycles. The number of carbonyl (C=O) groups is 1. The van der Waals surface area contributed by atoms with Gasteiger partial charge in [0.25, 0.3) is 5.91 Å². The fraction of sp³-hybridized carbons (Fsp3) is 0.120. The lowest BCUT2D eigenvalue weighted by Gasteiger charge is -2.12. The standard InChI is InChI=1S/C25H21FN2O2/c1-3-30-24-15-23(17-7-5-4-6-8-17)28-22-12-10-18(13-20(22)24)25(29)27-19-11-9-16(2)21(26)14-19/h4-15H,3H2,1-2H3,(H,27,29). The molecular formula is C25H21FN2O2. The molecule has 0 atom stereocenters. The van der Waals surface area contributed by atoms with Crippen LogP contribution in [0.1, 0.15) is 22.8 Å². The zero-order chi connectivity index (χ0) is 21.1. The largest absolute Gasteiger partial charge is 0.493 e. The maximum atomic E-state index is 13.8. The Balaban J connectivity index is 1.71. The summed E-state index contributed by atoms with van der Waals surface area (Å²) in [4.78, 5) is 17.4. The van der Waals surface area contributed by atoms with Crippen molar-refractivity contribution in [2.24, 2.45) is 0 Å².